The van der Waals surface area contributed by atoms with Crippen LogP contribution in [0.25, 0.3) is 0 Å². The summed E-state index contributed by atoms with van der Waals surface area (Å²) >= 11 is 18.1. The number of fused-ring (bicyclic) bond motifs is 3. The van der Waals surface area contributed by atoms with Gasteiger partial charge in [-0.2, -0.15) is 0 Å². The Morgan fingerprint density at radius 2 is 1.74 bits per heavy atom. The van der Waals surface area contributed by atoms with E-state index in [1.54, 1.807) is 6.08 Å². The highest BCUT2D eigenvalue weighted by Gasteiger charge is 2.36. The van der Waals surface area contributed by atoms with Gasteiger partial charge in [-0.15, -0.1) is 0 Å². The third kappa shape index (κ3) is 8.56. The number of aryl methyl sites for hydroxylation is 1. The lowest BCUT2D eigenvalue weighted by atomic mass is 9.79. The van der Waals surface area contributed by atoms with Crippen molar-refractivity contribution in [2.45, 2.75) is 75.1 Å². The van der Waals surface area contributed by atoms with Crippen LogP contribution in [0.4, 0.5) is 4.39 Å². The zero-order chi connectivity index (χ0) is 30.3. The molecule has 2 aromatic carbocycles. The second-order valence-electron chi connectivity index (χ2n) is 11.0. The molecule has 0 radical (unpaired) electrons. The minimum absolute atomic E-state index is 0.0188. The van der Waals surface area contributed by atoms with Crippen molar-refractivity contribution in [1.29, 1.82) is 0 Å². The predicted octanol–water partition coefficient (Wildman–Crippen LogP) is 7.67. The van der Waals surface area contributed by atoms with Gasteiger partial charge >= 0.3 is 0 Å². The number of halogens is 4. The first-order valence-electron chi connectivity index (χ1n) is 14.4. The Morgan fingerprint density at radius 1 is 1.02 bits per heavy atom. The first-order valence-corrected chi connectivity index (χ1v) is 17.0. The molecule has 42 heavy (non-hydrogen) atoms. The van der Waals surface area contributed by atoms with Gasteiger partial charge in [-0.3, -0.25) is 9.79 Å². The van der Waals surface area contributed by atoms with Gasteiger partial charge in [0, 0.05) is 34.8 Å². The summed E-state index contributed by atoms with van der Waals surface area (Å²) in [5.41, 5.74) is 2.59. The van der Waals surface area contributed by atoms with E-state index in [2.05, 4.69) is 16.1 Å². The number of rotatable bonds is 7. The molecule has 228 valence electrons. The van der Waals surface area contributed by atoms with Crippen molar-refractivity contribution in [1.82, 2.24) is 10.0 Å². The summed E-state index contributed by atoms with van der Waals surface area (Å²) < 4.78 is 39.1. The number of carbonyl (C=O) groups is 1. The van der Waals surface area contributed by atoms with Gasteiger partial charge in [-0.1, -0.05) is 59.9 Å². The van der Waals surface area contributed by atoms with Crippen LogP contribution in [0.1, 0.15) is 68.9 Å². The number of hydrogen-bond acceptors (Lipinski definition) is 4. The van der Waals surface area contributed by atoms with E-state index >= 15 is 0 Å². The van der Waals surface area contributed by atoms with Crippen LogP contribution in [0, 0.1) is 11.8 Å². The average Bonchev–Trinajstić information content (AvgIpc) is 3.38. The first kappa shape index (κ1) is 32.9. The number of hydrogen-bond donors (Lipinski definition) is 2. The molecule has 1 fully saturated rings. The highest BCUT2D eigenvalue weighted by atomic mass is 35.5. The third-order valence-corrected chi connectivity index (χ3v) is 10.5. The average molecular weight is 657 g/mol. The van der Waals surface area contributed by atoms with E-state index in [4.69, 9.17) is 39.8 Å². The van der Waals surface area contributed by atoms with Crippen LogP contribution >= 0.6 is 34.8 Å². The lowest BCUT2D eigenvalue weighted by Gasteiger charge is -2.28. The largest absolute Gasteiger partial charge is 0.314 e. The zero-order valence-corrected chi connectivity index (χ0v) is 26.7. The van der Waals surface area contributed by atoms with E-state index in [0.717, 1.165) is 62.2 Å². The Kier molecular flexibility index (Phi) is 11.9. The summed E-state index contributed by atoms with van der Waals surface area (Å²) in [5.74, 6) is 1.20. The number of benzene rings is 2. The molecule has 1 saturated carbocycles. The summed E-state index contributed by atoms with van der Waals surface area (Å²) in [6.45, 7) is 1.97. The predicted molar refractivity (Wildman–Crippen MR) is 169 cm³/mol. The van der Waals surface area contributed by atoms with Gasteiger partial charge in [-0.05, 0) is 92.3 Å². The molecule has 0 aromatic heterocycles. The van der Waals surface area contributed by atoms with E-state index in [-0.39, 0.29) is 40.4 Å². The number of nitrogens with zero attached hydrogens (tertiary/aromatic N) is 1. The van der Waals surface area contributed by atoms with Crippen LogP contribution in [-0.2, 0) is 21.2 Å². The molecule has 1 heterocycles. The van der Waals surface area contributed by atoms with Crippen LogP contribution in [0.2, 0.25) is 15.1 Å². The van der Waals surface area contributed by atoms with Crippen molar-refractivity contribution in [2.75, 3.05) is 13.2 Å². The van der Waals surface area contributed by atoms with Gasteiger partial charge in [0.05, 0.1) is 11.1 Å². The summed E-state index contributed by atoms with van der Waals surface area (Å²) in [6, 6.07) is 10.6. The fourth-order valence-corrected chi connectivity index (χ4v) is 7.99. The molecular formula is C31H37Cl3FN3O3S. The van der Waals surface area contributed by atoms with Crippen LogP contribution in [-0.4, -0.2) is 39.4 Å². The van der Waals surface area contributed by atoms with Crippen molar-refractivity contribution in [3.63, 3.8) is 0 Å². The number of nitrogens with one attached hydrogen (secondary N) is 2. The molecule has 0 bridgehead atoms. The number of aliphatic imine (C=N–C) groups is 1. The molecule has 2 N–H and O–H groups in total. The van der Waals surface area contributed by atoms with Crippen LogP contribution < -0.4 is 10.0 Å². The molecule has 1 amide bonds. The van der Waals surface area contributed by atoms with Gasteiger partial charge in [0.1, 0.15) is 17.4 Å². The van der Waals surface area contributed by atoms with E-state index in [1.165, 1.54) is 35.4 Å². The molecule has 2 unspecified atom stereocenters. The van der Waals surface area contributed by atoms with Gasteiger partial charge in [0.25, 0.3) is 0 Å². The number of sulfonamides is 1. The van der Waals surface area contributed by atoms with Crippen molar-refractivity contribution in [3.05, 3.63) is 74.7 Å². The molecule has 1 aliphatic heterocycles. The third-order valence-electron chi connectivity index (χ3n) is 8.14. The molecule has 2 aliphatic carbocycles. The Bertz CT molecular complexity index is 1420. The summed E-state index contributed by atoms with van der Waals surface area (Å²) in [7, 11) is -3.73. The lowest BCUT2D eigenvalue weighted by Crippen LogP contribution is -2.38. The number of amides is 1. The molecule has 11 heteroatoms. The normalized spacial score (nSPS) is 23.4. The second-order valence-corrected chi connectivity index (χ2v) is 14.0. The van der Waals surface area contributed by atoms with E-state index < -0.39 is 10.0 Å². The standard InChI is InChI=1S/C26H28Cl3N3O3S.C5H9F/c27-18-6-8-20-17(11-18)5-9-23-21(20)13-25(31-23)32-26(33)16-3-1-15(2-4-16)14-30-36(34,35)24-10-7-19(28)12-22(24)29;1-2-3-4-5-6/h6-8,10-12,15-16,21,23,30H,1-5,9,13-14H2,(H,31,32,33);3-4H,2,5H2,1H3/b;4-3+. The smallest absolute Gasteiger partial charge is 0.242 e. The molecule has 2 aromatic rings. The molecule has 2 atom stereocenters. The SMILES string of the molecule is CC/C=C/CF.O=C(NC1=NC2CCc3cc(Cl)ccc3C2C1)C1CCC(CNS(=O)(=O)c2ccc(Cl)cc2Cl)CC1. The van der Waals surface area contributed by atoms with Gasteiger partial charge < -0.3 is 5.32 Å². The Labute approximate surface area is 263 Å². The molecule has 5 rings (SSSR count). The maximum Gasteiger partial charge on any atom is 0.242 e. The second kappa shape index (κ2) is 15.2. The van der Waals surface area contributed by atoms with Gasteiger partial charge in [0.15, 0.2) is 0 Å². The zero-order valence-electron chi connectivity index (χ0n) is 23.6. The number of allylic oxidation sites excluding steroid dienone is 2. The number of carbonyl (C=O) groups excluding carboxylic acids is 1. The summed E-state index contributed by atoms with van der Waals surface area (Å²) in [6.07, 6.45) is 9.93. The maximum atomic E-state index is 13.0. The lowest BCUT2D eigenvalue weighted by molar-refractivity contribution is -0.124. The van der Waals surface area contributed by atoms with Crippen molar-refractivity contribution < 1.29 is 17.6 Å². The van der Waals surface area contributed by atoms with Crippen molar-refractivity contribution in [2.24, 2.45) is 16.8 Å². The summed E-state index contributed by atoms with van der Waals surface area (Å²) in [4.78, 5) is 17.8. The minimum atomic E-state index is -3.73. The fraction of sp³-hybridized carbons (Fsp3) is 0.484. The van der Waals surface area contributed by atoms with Crippen LogP contribution in [0.5, 0.6) is 0 Å². The van der Waals surface area contributed by atoms with Gasteiger partial charge in [-0.25, -0.2) is 17.5 Å². The molecule has 0 saturated heterocycles. The molecule has 3 aliphatic rings. The number of amidine groups is 1. The van der Waals surface area contributed by atoms with E-state index in [9.17, 15) is 17.6 Å². The maximum absolute atomic E-state index is 13.0. The van der Waals surface area contributed by atoms with Crippen LogP contribution in [0.15, 0.2) is 58.4 Å². The Morgan fingerprint density at radius 3 is 2.40 bits per heavy atom. The van der Waals surface area contributed by atoms with Crippen molar-refractivity contribution in [3.8, 4) is 0 Å². The topological polar surface area (TPSA) is 87.6 Å². The monoisotopic (exact) mass is 655 g/mol. The highest BCUT2D eigenvalue weighted by molar-refractivity contribution is 7.89. The summed E-state index contributed by atoms with van der Waals surface area (Å²) in [5, 5.41) is 4.34. The molecular weight excluding hydrogens is 620 g/mol. The van der Waals surface area contributed by atoms with E-state index in [1.807, 2.05) is 19.1 Å². The first-order chi connectivity index (χ1) is 20.1. The quantitative estimate of drug-likeness (QED) is 0.300. The fourth-order valence-electron chi connectivity index (χ4n) is 5.91. The Balaban J connectivity index is 0.000000612. The highest BCUT2D eigenvalue weighted by Crippen LogP contribution is 2.40. The molecule has 0 spiro atoms. The molecule has 6 nitrogen and oxygen atoms in total. The Hall–Kier alpha value is -1.97. The number of alkyl halides is 1. The van der Waals surface area contributed by atoms with Gasteiger partial charge in [0.2, 0.25) is 15.9 Å². The van der Waals surface area contributed by atoms with E-state index in [0.29, 0.717) is 17.5 Å². The van der Waals surface area contributed by atoms with Crippen molar-refractivity contribution >= 4 is 56.6 Å². The minimum Gasteiger partial charge on any atom is -0.314 e. The van der Waals surface area contributed by atoms with Crippen LogP contribution in [0.3, 0.4) is 0 Å².